The van der Waals surface area contributed by atoms with Gasteiger partial charge in [0.25, 0.3) is 0 Å². The van der Waals surface area contributed by atoms with Crippen molar-refractivity contribution in [1.82, 2.24) is 5.32 Å². The largest absolute Gasteiger partial charge is 0.481 e. The molecule has 1 amide bonds. The van der Waals surface area contributed by atoms with Crippen LogP contribution in [0.2, 0.25) is 5.02 Å². The van der Waals surface area contributed by atoms with Crippen molar-refractivity contribution in [3.8, 4) is 0 Å². The summed E-state index contributed by atoms with van der Waals surface area (Å²) >= 11 is 6.11. The van der Waals surface area contributed by atoms with Crippen molar-refractivity contribution in [2.75, 3.05) is 6.54 Å². The molecule has 2 N–H and O–H groups in total. The van der Waals surface area contributed by atoms with Crippen LogP contribution in [-0.2, 0) is 15.0 Å². The van der Waals surface area contributed by atoms with Crippen LogP contribution in [0.25, 0.3) is 0 Å². The predicted octanol–water partition coefficient (Wildman–Crippen LogP) is 3.76. The van der Waals surface area contributed by atoms with Crippen LogP contribution in [0.4, 0.5) is 4.39 Å². The number of hydrogen-bond donors (Lipinski definition) is 2. The first-order valence-electron chi connectivity index (χ1n) is 8.17. The molecule has 1 aliphatic rings. The Morgan fingerprint density at radius 1 is 1.33 bits per heavy atom. The van der Waals surface area contributed by atoms with E-state index >= 15 is 0 Å². The predicted molar refractivity (Wildman–Crippen MR) is 90.5 cm³/mol. The van der Waals surface area contributed by atoms with Gasteiger partial charge in [0.05, 0.1) is 5.92 Å². The average Bonchev–Trinajstić information content (AvgIpc) is 2.52. The van der Waals surface area contributed by atoms with Gasteiger partial charge in [0, 0.05) is 22.9 Å². The normalized spacial score (nSPS) is 21.3. The van der Waals surface area contributed by atoms with E-state index in [1.165, 1.54) is 12.1 Å². The molecule has 6 heteroatoms. The van der Waals surface area contributed by atoms with Crippen molar-refractivity contribution in [2.45, 2.75) is 44.9 Å². The van der Waals surface area contributed by atoms with Gasteiger partial charge < -0.3 is 10.4 Å². The molecule has 132 valence electrons. The third-order valence-electron chi connectivity index (χ3n) is 4.76. The van der Waals surface area contributed by atoms with E-state index in [-0.39, 0.29) is 11.8 Å². The van der Waals surface area contributed by atoms with Gasteiger partial charge in [-0.15, -0.1) is 0 Å². The van der Waals surface area contributed by atoms with Gasteiger partial charge in [-0.2, -0.15) is 0 Å². The lowest BCUT2D eigenvalue weighted by Gasteiger charge is -2.30. The number of nitrogens with one attached hydrogen (secondary N) is 1. The first kappa shape index (κ1) is 18.7. The summed E-state index contributed by atoms with van der Waals surface area (Å²) < 4.78 is 13.2. The Morgan fingerprint density at radius 2 is 2.00 bits per heavy atom. The molecule has 0 bridgehead atoms. The number of carbonyl (C=O) groups is 2. The number of hydrogen-bond acceptors (Lipinski definition) is 2. The first-order chi connectivity index (χ1) is 11.2. The molecule has 1 fully saturated rings. The second kappa shape index (κ2) is 7.51. The van der Waals surface area contributed by atoms with Gasteiger partial charge in [-0.3, -0.25) is 9.59 Å². The second-order valence-corrected chi connectivity index (χ2v) is 7.53. The number of aliphatic carboxylic acids is 1. The minimum atomic E-state index is -0.828. The molecule has 1 aromatic carbocycles. The Balaban J connectivity index is 1.98. The highest BCUT2D eigenvalue weighted by atomic mass is 35.5. The van der Waals surface area contributed by atoms with E-state index in [1.807, 2.05) is 13.8 Å². The third-order valence-corrected chi connectivity index (χ3v) is 5.07. The summed E-state index contributed by atoms with van der Waals surface area (Å²) in [6, 6.07) is 4.24. The van der Waals surface area contributed by atoms with Crippen molar-refractivity contribution in [1.29, 1.82) is 0 Å². The van der Waals surface area contributed by atoms with E-state index in [0.29, 0.717) is 30.8 Å². The van der Waals surface area contributed by atoms with Crippen molar-refractivity contribution >= 4 is 23.5 Å². The molecule has 2 atom stereocenters. The van der Waals surface area contributed by atoms with E-state index < -0.39 is 23.1 Å². The fraction of sp³-hybridized carbons (Fsp3) is 0.556. The molecule has 0 spiro atoms. The lowest BCUT2D eigenvalue weighted by atomic mass is 9.80. The highest BCUT2D eigenvalue weighted by Gasteiger charge is 2.32. The Bertz CT molecular complexity index is 633. The SMILES string of the molecule is CC(C)(CNC(=O)C1CCCC(C(=O)O)C1)c1ccc(F)cc1Cl. The van der Waals surface area contributed by atoms with Gasteiger partial charge >= 0.3 is 5.97 Å². The summed E-state index contributed by atoms with van der Waals surface area (Å²) in [4.78, 5) is 23.5. The molecule has 0 radical (unpaired) electrons. The topological polar surface area (TPSA) is 66.4 Å². The summed E-state index contributed by atoms with van der Waals surface area (Å²) in [5, 5.41) is 12.4. The van der Waals surface area contributed by atoms with E-state index in [2.05, 4.69) is 5.32 Å². The molecule has 0 saturated heterocycles. The maximum atomic E-state index is 13.2. The van der Waals surface area contributed by atoms with Crippen molar-refractivity contribution < 1.29 is 19.1 Å². The standard InChI is InChI=1S/C18H23ClFNO3/c1-18(2,14-7-6-13(20)9-15(14)19)10-21-16(22)11-4-3-5-12(8-11)17(23)24/h6-7,9,11-12H,3-5,8,10H2,1-2H3,(H,21,22)(H,23,24). The average molecular weight is 356 g/mol. The number of halogens is 2. The highest BCUT2D eigenvalue weighted by molar-refractivity contribution is 6.31. The molecule has 2 rings (SSSR count). The maximum Gasteiger partial charge on any atom is 0.306 e. The summed E-state index contributed by atoms with van der Waals surface area (Å²) in [6.07, 6.45) is 2.49. The minimum Gasteiger partial charge on any atom is -0.481 e. The van der Waals surface area contributed by atoms with Gasteiger partial charge in [0.2, 0.25) is 5.91 Å². The highest BCUT2D eigenvalue weighted by Crippen LogP contribution is 2.31. The summed E-state index contributed by atoms with van der Waals surface area (Å²) in [5.41, 5.74) is 0.305. The number of carboxylic acids is 1. The van der Waals surface area contributed by atoms with Crippen molar-refractivity contribution in [2.24, 2.45) is 11.8 Å². The molecule has 0 heterocycles. The van der Waals surface area contributed by atoms with Crippen LogP contribution in [-0.4, -0.2) is 23.5 Å². The molecule has 24 heavy (non-hydrogen) atoms. The van der Waals surface area contributed by atoms with Gasteiger partial charge in [-0.1, -0.05) is 37.9 Å². The summed E-state index contributed by atoms with van der Waals surface area (Å²) in [5.74, 6) is -2.04. The fourth-order valence-corrected chi connectivity index (χ4v) is 3.66. The van der Waals surface area contributed by atoms with Crippen LogP contribution in [0.3, 0.4) is 0 Å². The van der Waals surface area contributed by atoms with Crippen LogP contribution >= 0.6 is 11.6 Å². The van der Waals surface area contributed by atoms with Gasteiger partial charge in [-0.25, -0.2) is 4.39 Å². The molecule has 0 aromatic heterocycles. The number of benzene rings is 1. The fourth-order valence-electron chi connectivity index (χ4n) is 3.24. The molecule has 1 saturated carbocycles. The quantitative estimate of drug-likeness (QED) is 0.845. The Labute approximate surface area is 146 Å². The molecule has 2 unspecified atom stereocenters. The molecule has 0 aliphatic heterocycles. The molecule has 4 nitrogen and oxygen atoms in total. The van der Waals surface area contributed by atoms with E-state index in [9.17, 15) is 14.0 Å². The lowest BCUT2D eigenvalue weighted by Crippen LogP contribution is -2.41. The van der Waals surface area contributed by atoms with Gasteiger partial charge in [0.15, 0.2) is 0 Å². The zero-order valence-corrected chi connectivity index (χ0v) is 14.7. The zero-order valence-electron chi connectivity index (χ0n) is 13.9. The lowest BCUT2D eigenvalue weighted by molar-refractivity contribution is -0.144. The van der Waals surface area contributed by atoms with Crippen molar-refractivity contribution in [3.05, 3.63) is 34.6 Å². The van der Waals surface area contributed by atoms with Crippen molar-refractivity contribution in [3.63, 3.8) is 0 Å². The van der Waals surface area contributed by atoms with Crippen LogP contribution in [0, 0.1) is 17.7 Å². The maximum absolute atomic E-state index is 13.2. The van der Waals surface area contributed by atoms with Gasteiger partial charge in [0.1, 0.15) is 5.82 Å². The van der Waals surface area contributed by atoms with Crippen LogP contribution in [0.15, 0.2) is 18.2 Å². The number of carboxylic acid groups (broad SMARTS) is 1. The molecular formula is C18H23ClFNO3. The van der Waals surface area contributed by atoms with Gasteiger partial charge in [-0.05, 0) is 37.0 Å². The molecule has 1 aromatic rings. The Hall–Kier alpha value is -1.62. The summed E-state index contributed by atoms with van der Waals surface area (Å²) in [7, 11) is 0. The molecular weight excluding hydrogens is 333 g/mol. The minimum absolute atomic E-state index is 0.118. The number of rotatable bonds is 5. The smallest absolute Gasteiger partial charge is 0.306 e. The Kier molecular flexibility index (Phi) is 5.86. The zero-order chi connectivity index (χ0) is 17.9. The summed E-state index contributed by atoms with van der Waals surface area (Å²) in [6.45, 7) is 4.20. The number of carbonyl (C=O) groups excluding carboxylic acids is 1. The van der Waals surface area contributed by atoms with Crippen LogP contribution in [0.5, 0.6) is 0 Å². The van der Waals surface area contributed by atoms with E-state index in [1.54, 1.807) is 6.07 Å². The molecule has 1 aliphatic carbocycles. The van der Waals surface area contributed by atoms with Crippen LogP contribution < -0.4 is 5.32 Å². The van der Waals surface area contributed by atoms with E-state index in [4.69, 9.17) is 16.7 Å². The third kappa shape index (κ3) is 4.47. The van der Waals surface area contributed by atoms with E-state index in [0.717, 1.165) is 12.0 Å². The number of amides is 1. The first-order valence-corrected chi connectivity index (χ1v) is 8.54. The van der Waals surface area contributed by atoms with Crippen LogP contribution in [0.1, 0.15) is 45.1 Å². The Morgan fingerprint density at radius 3 is 2.62 bits per heavy atom. The second-order valence-electron chi connectivity index (χ2n) is 7.12. The monoisotopic (exact) mass is 355 g/mol.